The second-order valence-corrected chi connectivity index (χ2v) is 5.05. The highest BCUT2D eigenvalue weighted by Crippen LogP contribution is 2.31. The Morgan fingerprint density at radius 3 is 2.85 bits per heavy atom. The highest BCUT2D eigenvalue weighted by molar-refractivity contribution is 5.66. The molecule has 1 fully saturated rings. The minimum absolute atomic E-state index is 0.279. The molecule has 3 rings (SSSR count). The molecule has 4 nitrogen and oxygen atoms in total. The van der Waals surface area contributed by atoms with E-state index in [1.807, 2.05) is 0 Å². The van der Waals surface area contributed by atoms with Crippen molar-refractivity contribution in [3.8, 4) is 17.0 Å². The Morgan fingerprint density at radius 1 is 1.30 bits per heavy atom. The zero-order chi connectivity index (χ0) is 13.9. The molecule has 0 spiro atoms. The Labute approximate surface area is 117 Å². The van der Waals surface area contributed by atoms with Gasteiger partial charge < -0.3 is 15.0 Å². The first-order valence-corrected chi connectivity index (χ1v) is 6.87. The first-order chi connectivity index (χ1) is 9.78. The van der Waals surface area contributed by atoms with Crippen LogP contribution in [0.25, 0.3) is 11.3 Å². The Morgan fingerprint density at radius 2 is 2.10 bits per heavy atom. The van der Waals surface area contributed by atoms with E-state index in [1.54, 1.807) is 19.4 Å². The van der Waals surface area contributed by atoms with Crippen LogP contribution in [0.3, 0.4) is 0 Å². The number of imidazole rings is 1. The third-order valence-electron chi connectivity index (χ3n) is 3.77. The standard InChI is InChI=1S/C15H18FN3O/c1-20-14-3-2-11(16)8-12(14)13-9-18-15(19-13)10-4-6-17-7-5-10/h2-3,8-10,17H,4-7H2,1H3,(H,18,19). The van der Waals surface area contributed by atoms with E-state index in [1.165, 1.54) is 12.1 Å². The molecule has 106 valence electrons. The molecule has 1 aromatic carbocycles. The number of methoxy groups -OCH3 is 1. The van der Waals surface area contributed by atoms with Gasteiger partial charge in [0, 0.05) is 11.5 Å². The average molecular weight is 275 g/mol. The summed E-state index contributed by atoms with van der Waals surface area (Å²) in [5.41, 5.74) is 1.51. The molecule has 1 aliphatic rings. The van der Waals surface area contributed by atoms with E-state index in [-0.39, 0.29) is 5.82 Å². The number of aromatic nitrogens is 2. The van der Waals surface area contributed by atoms with Crippen LogP contribution >= 0.6 is 0 Å². The lowest BCUT2D eigenvalue weighted by molar-refractivity contribution is 0.415. The van der Waals surface area contributed by atoms with E-state index < -0.39 is 0 Å². The molecule has 20 heavy (non-hydrogen) atoms. The zero-order valence-corrected chi connectivity index (χ0v) is 11.4. The largest absolute Gasteiger partial charge is 0.496 e. The van der Waals surface area contributed by atoms with Crippen molar-refractivity contribution in [3.05, 3.63) is 36.0 Å². The van der Waals surface area contributed by atoms with Gasteiger partial charge >= 0.3 is 0 Å². The third-order valence-corrected chi connectivity index (χ3v) is 3.77. The Bertz CT molecular complexity index is 591. The summed E-state index contributed by atoms with van der Waals surface area (Å²) in [5.74, 6) is 1.79. The number of halogens is 1. The molecule has 0 atom stereocenters. The molecule has 5 heteroatoms. The minimum atomic E-state index is -0.279. The van der Waals surface area contributed by atoms with Gasteiger partial charge in [-0.15, -0.1) is 0 Å². The molecular weight excluding hydrogens is 257 g/mol. The summed E-state index contributed by atoms with van der Waals surface area (Å²) in [6.45, 7) is 2.04. The summed E-state index contributed by atoms with van der Waals surface area (Å²) >= 11 is 0. The normalized spacial score (nSPS) is 16.3. The van der Waals surface area contributed by atoms with Crippen molar-refractivity contribution in [2.24, 2.45) is 0 Å². The average Bonchev–Trinajstić information content (AvgIpc) is 2.98. The maximum absolute atomic E-state index is 13.4. The molecule has 1 aliphatic heterocycles. The van der Waals surface area contributed by atoms with Crippen LogP contribution in [0, 0.1) is 5.82 Å². The van der Waals surface area contributed by atoms with Gasteiger partial charge in [-0.3, -0.25) is 0 Å². The van der Waals surface area contributed by atoms with E-state index in [9.17, 15) is 4.39 Å². The van der Waals surface area contributed by atoms with Gasteiger partial charge in [0.25, 0.3) is 0 Å². The van der Waals surface area contributed by atoms with Gasteiger partial charge in [-0.05, 0) is 44.1 Å². The predicted octanol–water partition coefficient (Wildman–Crippen LogP) is 2.69. The number of rotatable bonds is 3. The van der Waals surface area contributed by atoms with Gasteiger partial charge in [0.05, 0.1) is 19.0 Å². The van der Waals surface area contributed by atoms with E-state index >= 15 is 0 Å². The van der Waals surface area contributed by atoms with Crippen molar-refractivity contribution >= 4 is 0 Å². The summed E-state index contributed by atoms with van der Waals surface area (Å²) in [6, 6.07) is 4.50. The van der Waals surface area contributed by atoms with Crippen LogP contribution in [0.2, 0.25) is 0 Å². The van der Waals surface area contributed by atoms with Crippen molar-refractivity contribution < 1.29 is 9.13 Å². The first kappa shape index (κ1) is 13.1. The molecule has 0 amide bonds. The number of aromatic amines is 1. The van der Waals surface area contributed by atoms with Gasteiger partial charge in [0.15, 0.2) is 0 Å². The summed E-state index contributed by atoms with van der Waals surface area (Å²) < 4.78 is 18.7. The number of hydrogen-bond donors (Lipinski definition) is 2. The van der Waals surface area contributed by atoms with Gasteiger partial charge in [-0.2, -0.15) is 0 Å². The van der Waals surface area contributed by atoms with Crippen molar-refractivity contribution in [3.63, 3.8) is 0 Å². The van der Waals surface area contributed by atoms with E-state index in [4.69, 9.17) is 4.74 Å². The topological polar surface area (TPSA) is 49.9 Å². The monoisotopic (exact) mass is 275 g/mol. The van der Waals surface area contributed by atoms with Crippen LogP contribution in [0.4, 0.5) is 4.39 Å². The Balaban J connectivity index is 1.91. The molecule has 0 radical (unpaired) electrons. The number of H-pyrrole nitrogens is 1. The number of hydrogen-bond acceptors (Lipinski definition) is 3. The fraction of sp³-hybridized carbons (Fsp3) is 0.400. The molecule has 2 heterocycles. The summed E-state index contributed by atoms with van der Waals surface area (Å²) in [5, 5.41) is 3.34. The van der Waals surface area contributed by atoms with Gasteiger partial charge in [-0.25, -0.2) is 9.37 Å². The van der Waals surface area contributed by atoms with Crippen LogP contribution in [-0.2, 0) is 0 Å². The number of nitrogens with one attached hydrogen (secondary N) is 2. The molecule has 0 unspecified atom stereocenters. The zero-order valence-electron chi connectivity index (χ0n) is 11.4. The SMILES string of the molecule is COc1ccc(F)cc1-c1cnc(C2CCNCC2)[nH]1. The lowest BCUT2D eigenvalue weighted by Gasteiger charge is -2.20. The molecule has 0 saturated carbocycles. The van der Waals surface area contributed by atoms with E-state index in [0.717, 1.165) is 37.4 Å². The summed E-state index contributed by atoms with van der Waals surface area (Å²) in [4.78, 5) is 7.78. The fourth-order valence-electron chi connectivity index (χ4n) is 2.67. The van der Waals surface area contributed by atoms with Crippen molar-refractivity contribution in [1.29, 1.82) is 0 Å². The third kappa shape index (κ3) is 2.54. The van der Waals surface area contributed by atoms with Crippen LogP contribution in [0.5, 0.6) is 5.75 Å². The maximum Gasteiger partial charge on any atom is 0.128 e. The van der Waals surface area contributed by atoms with Crippen molar-refractivity contribution in [2.75, 3.05) is 20.2 Å². The lowest BCUT2D eigenvalue weighted by atomic mass is 9.98. The van der Waals surface area contributed by atoms with Crippen LogP contribution in [0.1, 0.15) is 24.6 Å². The molecule has 1 aromatic heterocycles. The second kappa shape index (κ2) is 5.63. The van der Waals surface area contributed by atoms with Crippen molar-refractivity contribution in [1.82, 2.24) is 15.3 Å². The van der Waals surface area contributed by atoms with Crippen LogP contribution < -0.4 is 10.1 Å². The minimum Gasteiger partial charge on any atom is -0.496 e. The molecule has 0 bridgehead atoms. The molecule has 2 N–H and O–H groups in total. The summed E-state index contributed by atoms with van der Waals surface area (Å²) in [7, 11) is 1.58. The predicted molar refractivity (Wildman–Crippen MR) is 75.4 cm³/mol. The first-order valence-electron chi connectivity index (χ1n) is 6.87. The lowest BCUT2D eigenvalue weighted by Crippen LogP contribution is -2.27. The van der Waals surface area contributed by atoms with Gasteiger partial charge in [-0.1, -0.05) is 0 Å². The fourth-order valence-corrected chi connectivity index (χ4v) is 2.67. The van der Waals surface area contributed by atoms with Crippen molar-refractivity contribution in [2.45, 2.75) is 18.8 Å². The van der Waals surface area contributed by atoms with Crippen LogP contribution in [0.15, 0.2) is 24.4 Å². The number of nitrogens with zero attached hydrogens (tertiary/aromatic N) is 1. The summed E-state index contributed by atoms with van der Waals surface area (Å²) in [6.07, 6.45) is 3.91. The molecular formula is C15H18FN3O. The molecule has 2 aromatic rings. The van der Waals surface area contributed by atoms with Gasteiger partial charge in [0.1, 0.15) is 17.4 Å². The van der Waals surface area contributed by atoms with Gasteiger partial charge in [0.2, 0.25) is 0 Å². The van der Waals surface area contributed by atoms with Crippen LogP contribution in [-0.4, -0.2) is 30.2 Å². The highest BCUT2D eigenvalue weighted by Gasteiger charge is 2.19. The van der Waals surface area contributed by atoms with E-state index in [0.29, 0.717) is 17.2 Å². The number of benzene rings is 1. The molecule has 1 saturated heterocycles. The maximum atomic E-state index is 13.4. The number of piperidine rings is 1. The number of ether oxygens (including phenoxy) is 1. The van der Waals surface area contributed by atoms with E-state index in [2.05, 4.69) is 15.3 Å². The quantitative estimate of drug-likeness (QED) is 0.905. The second-order valence-electron chi connectivity index (χ2n) is 5.05. The molecule has 0 aliphatic carbocycles. The Hall–Kier alpha value is -1.88. The highest BCUT2D eigenvalue weighted by atomic mass is 19.1. The smallest absolute Gasteiger partial charge is 0.128 e. The Kier molecular flexibility index (Phi) is 3.69.